The first kappa shape index (κ1) is 13.3. The molecule has 0 atom stereocenters. The van der Waals surface area contributed by atoms with E-state index in [0.717, 1.165) is 26.1 Å². The van der Waals surface area contributed by atoms with Crippen molar-refractivity contribution in [3.8, 4) is 0 Å². The van der Waals surface area contributed by atoms with Crippen molar-refractivity contribution in [1.82, 2.24) is 0 Å². The molecule has 0 aromatic heterocycles. The molecule has 12 heavy (non-hydrogen) atoms. The van der Waals surface area contributed by atoms with Crippen molar-refractivity contribution in [2.75, 3.05) is 13.2 Å². The Balaban J connectivity index is 0.000000354. The smallest absolute Gasteiger partial charge is 0.348 e. The minimum Gasteiger partial charge on any atom is -0.348 e. The van der Waals surface area contributed by atoms with E-state index in [-0.39, 0.29) is 5.79 Å². The molecule has 0 amide bonds. The standard InChI is InChI=1S/C7H13O2.2ClH.Mg/c1-3-4-7(2)8-5-6-9-7;;;/h1,3-6H2,2H3;2*1H;/q;;;+2/p-2. The summed E-state index contributed by atoms with van der Waals surface area (Å²) in [5.41, 5.74) is 0. The lowest BCUT2D eigenvalue weighted by Crippen LogP contribution is -2.24. The lowest BCUT2D eigenvalue weighted by molar-refractivity contribution is -0.145. The van der Waals surface area contributed by atoms with Crippen LogP contribution in [0.4, 0.5) is 0 Å². The van der Waals surface area contributed by atoms with Crippen LogP contribution < -0.4 is 0 Å². The van der Waals surface area contributed by atoms with Gasteiger partial charge in [-0.3, -0.25) is 0 Å². The van der Waals surface area contributed by atoms with Crippen molar-refractivity contribution in [3.63, 3.8) is 0 Å². The number of hydrogen-bond acceptors (Lipinski definition) is 2. The highest BCUT2D eigenvalue weighted by molar-refractivity contribution is 7.22. The van der Waals surface area contributed by atoms with E-state index in [1.54, 1.807) is 0 Å². The Morgan fingerprint density at radius 3 is 2.17 bits per heavy atom. The summed E-state index contributed by atoms with van der Waals surface area (Å²) in [6.07, 6.45) is 1.77. The summed E-state index contributed by atoms with van der Waals surface area (Å²) in [4.78, 5) is 0. The Hall–Kier alpha value is 1.27. The van der Waals surface area contributed by atoms with E-state index in [2.05, 4.69) is 6.92 Å². The third-order valence-electron chi connectivity index (χ3n) is 1.53. The molecule has 0 spiro atoms. The van der Waals surface area contributed by atoms with Gasteiger partial charge in [0.15, 0.2) is 5.79 Å². The van der Waals surface area contributed by atoms with Crippen molar-refractivity contribution in [2.45, 2.75) is 25.6 Å². The van der Waals surface area contributed by atoms with E-state index in [1.807, 2.05) is 6.92 Å². The normalized spacial score (nSPS) is 19.3. The summed E-state index contributed by atoms with van der Waals surface area (Å²) in [6.45, 7) is 7.16. The number of hydrogen-bond donors (Lipinski definition) is 0. The topological polar surface area (TPSA) is 18.5 Å². The Labute approximate surface area is 91.2 Å². The Kier molecular flexibility index (Phi) is 8.46. The molecule has 0 bridgehead atoms. The maximum atomic E-state index is 5.32. The predicted octanol–water partition coefficient (Wildman–Crippen LogP) is 2.36. The van der Waals surface area contributed by atoms with Gasteiger partial charge in [-0.15, -0.1) is 0 Å². The average molecular weight is 224 g/mol. The molecule has 2 nitrogen and oxygen atoms in total. The lowest BCUT2D eigenvalue weighted by atomic mass is 10.2. The summed E-state index contributed by atoms with van der Waals surface area (Å²) in [7, 11) is 9.81. The summed E-state index contributed by atoms with van der Waals surface area (Å²) in [5, 5.41) is 0. The lowest BCUT2D eigenvalue weighted by Gasteiger charge is -2.20. The van der Waals surface area contributed by atoms with Crippen molar-refractivity contribution in [3.05, 3.63) is 6.92 Å². The highest BCUT2D eigenvalue weighted by atomic mass is 35.6. The number of rotatable bonds is 2. The molecular formula is C7H13Cl2MgO2. The van der Waals surface area contributed by atoms with Gasteiger partial charge in [0.2, 0.25) is 0 Å². The fraction of sp³-hybridized carbons (Fsp3) is 0.857. The van der Waals surface area contributed by atoms with Gasteiger partial charge in [0, 0.05) is 6.42 Å². The molecule has 1 aliphatic heterocycles. The molecule has 0 N–H and O–H groups in total. The van der Waals surface area contributed by atoms with Crippen LogP contribution in [0.5, 0.6) is 0 Å². The van der Waals surface area contributed by atoms with Gasteiger partial charge in [-0.1, -0.05) is 6.92 Å². The first-order chi connectivity index (χ1) is 5.68. The third-order valence-corrected chi connectivity index (χ3v) is 1.53. The molecular weight excluding hydrogens is 211 g/mol. The van der Waals surface area contributed by atoms with Crippen molar-refractivity contribution in [1.29, 1.82) is 0 Å². The van der Waals surface area contributed by atoms with Crippen LogP contribution in [0.3, 0.4) is 0 Å². The molecule has 5 heteroatoms. The quantitative estimate of drug-likeness (QED) is 0.670. The molecule has 1 rings (SSSR count). The Morgan fingerprint density at radius 1 is 1.42 bits per heavy atom. The van der Waals surface area contributed by atoms with Crippen molar-refractivity contribution >= 4 is 36.3 Å². The molecule has 1 radical (unpaired) electrons. The first-order valence-corrected chi connectivity index (χ1v) is 8.15. The minimum atomic E-state index is -0.639. The van der Waals surface area contributed by atoms with E-state index in [9.17, 15) is 0 Å². The van der Waals surface area contributed by atoms with Crippen LogP contribution in [-0.4, -0.2) is 37.2 Å². The monoisotopic (exact) mass is 223 g/mol. The second kappa shape index (κ2) is 7.65. The Bertz CT molecular complexity index is 108. The fourth-order valence-corrected chi connectivity index (χ4v) is 1.02. The van der Waals surface area contributed by atoms with E-state index < -0.39 is 18.2 Å². The highest BCUT2D eigenvalue weighted by Crippen LogP contribution is 2.23. The number of ether oxygens (including phenoxy) is 2. The van der Waals surface area contributed by atoms with Crippen LogP contribution in [0.2, 0.25) is 0 Å². The molecule has 1 aliphatic rings. The van der Waals surface area contributed by atoms with Gasteiger partial charge in [-0.05, 0) is 13.3 Å². The zero-order chi connectivity index (χ0) is 9.45. The molecule has 0 aromatic carbocycles. The molecule has 1 saturated heterocycles. The molecule has 1 heterocycles. The zero-order valence-electron chi connectivity index (χ0n) is 7.32. The van der Waals surface area contributed by atoms with Crippen molar-refractivity contribution in [2.24, 2.45) is 0 Å². The fourth-order valence-electron chi connectivity index (χ4n) is 1.02. The molecule has 69 valence electrons. The molecule has 0 aromatic rings. The van der Waals surface area contributed by atoms with Gasteiger partial charge < -0.3 is 27.6 Å². The van der Waals surface area contributed by atoms with Gasteiger partial charge in [-0.2, -0.15) is 0 Å². The maximum Gasteiger partial charge on any atom is 0.618 e. The Morgan fingerprint density at radius 2 is 1.83 bits per heavy atom. The SMILES string of the molecule is [CH2]CCC1(C)OCCO1.[Cl][Mg][Cl]. The maximum absolute atomic E-state index is 5.32. The third kappa shape index (κ3) is 5.83. The summed E-state index contributed by atoms with van der Waals surface area (Å²) in [6, 6.07) is 0. The van der Waals surface area contributed by atoms with Crippen LogP contribution >= 0.6 is 18.1 Å². The largest absolute Gasteiger partial charge is 0.618 e. The van der Waals surface area contributed by atoms with Crippen LogP contribution in [0, 0.1) is 6.92 Å². The van der Waals surface area contributed by atoms with E-state index >= 15 is 0 Å². The van der Waals surface area contributed by atoms with E-state index in [4.69, 9.17) is 27.6 Å². The highest BCUT2D eigenvalue weighted by Gasteiger charge is 2.29. The van der Waals surface area contributed by atoms with Crippen LogP contribution in [0.1, 0.15) is 19.8 Å². The van der Waals surface area contributed by atoms with Crippen molar-refractivity contribution < 1.29 is 9.47 Å². The molecule has 0 saturated carbocycles. The second-order valence-electron chi connectivity index (χ2n) is 2.54. The van der Waals surface area contributed by atoms with Crippen LogP contribution in [-0.2, 0) is 9.47 Å². The second-order valence-corrected chi connectivity index (χ2v) is 5.16. The number of halogens is 2. The average Bonchev–Trinajstić information content (AvgIpc) is 2.38. The van der Waals surface area contributed by atoms with E-state index in [0.29, 0.717) is 0 Å². The predicted molar refractivity (Wildman–Crippen MR) is 52.4 cm³/mol. The summed E-state index contributed by atoms with van der Waals surface area (Å²) in [5.74, 6) is -0.318. The van der Waals surface area contributed by atoms with Gasteiger partial charge >= 0.3 is 18.2 Å². The first-order valence-electron chi connectivity index (χ1n) is 3.87. The van der Waals surface area contributed by atoms with Gasteiger partial charge in [0.1, 0.15) is 0 Å². The molecule has 1 fully saturated rings. The molecule has 0 aliphatic carbocycles. The summed E-state index contributed by atoms with van der Waals surface area (Å²) >= 11 is -0.639. The van der Waals surface area contributed by atoms with E-state index in [1.165, 1.54) is 0 Å². The van der Waals surface area contributed by atoms with Crippen LogP contribution in [0.25, 0.3) is 0 Å². The van der Waals surface area contributed by atoms with Gasteiger partial charge in [0.25, 0.3) is 0 Å². The minimum absolute atomic E-state index is 0.318. The van der Waals surface area contributed by atoms with Crippen LogP contribution in [0.15, 0.2) is 0 Å². The molecule has 0 unspecified atom stereocenters. The summed E-state index contributed by atoms with van der Waals surface area (Å²) < 4.78 is 10.6. The van der Waals surface area contributed by atoms with Gasteiger partial charge in [0.05, 0.1) is 13.2 Å². The van der Waals surface area contributed by atoms with Gasteiger partial charge in [-0.25, -0.2) is 0 Å². The zero-order valence-corrected chi connectivity index (χ0v) is 10.2.